The van der Waals surface area contributed by atoms with E-state index in [-0.39, 0.29) is 22.8 Å². The number of imidazole rings is 1. The van der Waals surface area contributed by atoms with Crippen LogP contribution in [0.1, 0.15) is 12.5 Å². The van der Waals surface area contributed by atoms with Crippen molar-refractivity contribution in [3.8, 4) is 0 Å². The first kappa shape index (κ1) is 18.0. The number of hydrogen-bond acceptors (Lipinski definition) is 7. The summed E-state index contributed by atoms with van der Waals surface area (Å²) >= 11 is 0. The van der Waals surface area contributed by atoms with Gasteiger partial charge in [-0.25, -0.2) is 10.2 Å². The molecule has 0 aliphatic heterocycles. The Morgan fingerprint density at radius 2 is 2.04 bits per heavy atom. The van der Waals surface area contributed by atoms with E-state index >= 15 is 0 Å². The summed E-state index contributed by atoms with van der Waals surface area (Å²) in [5.74, 6) is 0.285. The van der Waals surface area contributed by atoms with E-state index in [1.165, 1.54) is 37.0 Å². The lowest BCUT2D eigenvalue weighted by Gasteiger charge is -2.05. The minimum atomic E-state index is -0.489. The number of nitro groups is 1. The molecule has 0 saturated carbocycles. The van der Waals surface area contributed by atoms with Crippen LogP contribution in [0.25, 0.3) is 11.2 Å². The van der Waals surface area contributed by atoms with Crippen molar-refractivity contribution in [1.29, 1.82) is 0 Å². The summed E-state index contributed by atoms with van der Waals surface area (Å²) in [5, 5.41) is 14.9. The van der Waals surface area contributed by atoms with Gasteiger partial charge >= 0.3 is 5.69 Å². The van der Waals surface area contributed by atoms with E-state index in [1.54, 1.807) is 16.7 Å². The van der Waals surface area contributed by atoms with Crippen LogP contribution in [0.5, 0.6) is 0 Å². The molecule has 11 heteroatoms. The lowest BCUT2D eigenvalue weighted by molar-refractivity contribution is -0.384. The van der Waals surface area contributed by atoms with Crippen molar-refractivity contribution in [2.24, 2.45) is 19.2 Å². The largest absolute Gasteiger partial charge is 0.332 e. The highest BCUT2D eigenvalue weighted by Crippen LogP contribution is 2.15. The van der Waals surface area contributed by atoms with Gasteiger partial charge in [-0.05, 0) is 6.92 Å². The van der Waals surface area contributed by atoms with Gasteiger partial charge in [0.2, 0.25) is 5.95 Å². The van der Waals surface area contributed by atoms with Crippen molar-refractivity contribution < 1.29 is 4.92 Å². The molecule has 0 saturated heterocycles. The summed E-state index contributed by atoms with van der Waals surface area (Å²) in [7, 11) is 2.94. The monoisotopic (exact) mass is 371 g/mol. The Morgan fingerprint density at radius 3 is 2.70 bits per heavy atom. The third-order valence-corrected chi connectivity index (χ3v) is 4.12. The maximum atomic E-state index is 12.4. The third-order valence-electron chi connectivity index (χ3n) is 4.12. The fourth-order valence-electron chi connectivity index (χ4n) is 2.72. The van der Waals surface area contributed by atoms with E-state index in [2.05, 4.69) is 15.5 Å². The number of hydrazone groups is 1. The number of benzene rings is 1. The summed E-state index contributed by atoms with van der Waals surface area (Å²) in [6, 6.07) is 5.99. The summed E-state index contributed by atoms with van der Waals surface area (Å²) < 4.78 is 3.92. The topological polar surface area (TPSA) is 129 Å². The molecule has 0 unspecified atom stereocenters. The number of aryl methyl sites for hydroxylation is 2. The lowest BCUT2D eigenvalue weighted by atomic mass is 10.2. The molecule has 0 bridgehead atoms. The second-order valence-electron chi connectivity index (χ2n) is 5.78. The minimum Gasteiger partial charge on any atom is -0.303 e. The van der Waals surface area contributed by atoms with E-state index in [4.69, 9.17) is 0 Å². The molecule has 0 amide bonds. The second-order valence-corrected chi connectivity index (χ2v) is 5.78. The summed E-state index contributed by atoms with van der Waals surface area (Å²) in [5.41, 5.74) is 2.83. The van der Waals surface area contributed by atoms with E-state index in [0.29, 0.717) is 12.1 Å². The number of nitrogens with zero attached hydrogens (tertiary/aromatic N) is 6. The van der Waals surface area contributed by atoms with Gasteiger partial charge in [0.05, 0.1) is 11.1 Å². The van der Waals surface area contributed by atoms with E-state index < -0.39 is 16.2 Å². The fraction of sp³-hybridized carbons (Fsp3) is 0.250. The van der Waals surface area contributed by atoms with Gasteiger partial charge in [-0.3, -0.25) is 24.0 Å². The van der Waals surface area contributed by atoms with Crippen LogP contribution in [-0.4, -0.2) is 29.8 Å². The summed E-state index contributed by atoms with van der Waals surface area (Å²) in [4.78, 5) is 39.2. The number of aromatic nitrogens is 4. The van der Waals surface area contributed by atoms with Crippen molar-refractivity contribution in [2.75, 3.05) is 5.43 Å². The zero-order valence-corrected chi connectivity index (χ0v) is 14.9. The number of anilines is 1. The standard InChI is InChI=1S/C16H17N7O4/c1-4-22-12-13(20(2)16(25)21(3)14(12)24)18-15(22)19-17-9-10-6-5-7-11(8-10)23(26)27/h5-9H,4H2,1-3H3,(H,18,19)/b17-9-. The highest BCUT2D eigenvalue weighted by atomic mass is 16.6. The van der Waals surface area contributed by atoms with Crippen LogP contribution in [0, 0.1) is 10.1 Å². The molecule has 2 heterocycles. The van der Waals surface area contributed by atoms with Gasteiger partial charge in [0, 0.05) is 38.3 Å². The Bertz CT molecular complexity index is 1190. The molecule has 1 N–H and O–H groups in total. The average Bonchev–Trinajstić information content (AvgIpc) is 3.03. The predicted octanol–water partition coefficient (Wildman–Crippen LogP) is 0.808. The van der Waals surface area contributed by atoms with Gasteiger partial charge in [-0.1, -0.05) is 12.1 Å². The smallest absolute Gasteiger partial charge is 0.303 e. The number of nitrogens with one attached hydrogen (secondary N) is 1. The number of rotatable bonds is 5. The van der Waals surface area contributed by atoms with Crippen LogP contribution >= 0.6 is 0 Å². The van der Waals surface area contributed by atoms with Crippen LogP contribution in [0.2, 0.25) is 0 Å². The first-order valence-corrected chi connectivity index (χ1v) is 8.05. The molecule has 3 rings (SSSR count). The zero-order valence-electron chi connectivity index (χ0n) is 14.9. The van der Waals surface area contributed by atoms with Crippen molar-refractivity contribution >= 4 is 29.0 Å². The molecule has 11 nitrogen and oxygen atoms in total. The van der Waals surface area contributed by atoms with Crippen LogP contribution in [0.3, 0.4) is 0 Å². The first-order valence-electron chi connectivity index (χ1n) is 8.05. The maximum Gasteiger partial charge on any atom is 0.332 e. The molecule has 27 heavy (non-hydrogen) atoms. The highest BCUT2D eigenvalue weighted by molar-refractivity contribution is 5.81. The van der Waals surface area contributed by atoms with Gasteiger partial charge in [0.25, 0.3) is 11.2 Å². The van der Waals surface area contributed by atoms with Gasteiger partial charge in [0.15, 0.2) is 11.2 Å². The fourth-order valence-corrected chi connectivity index (χ4v) is 2.72. The van der Waals surface area contributed by atoms with Crippen molar-refractivity contribution in [3.63, 3.8) is 0 Å². The minimum absolute atomic E-state index is 0.0433. The van der Waals surface area contributed by atoms with Crippen LogP contribution in [0.4, 0.5) is 11.6 Å². The van der Waals surface area contributed by atoms with E-state index in [9.17, 15) is 19.7 Å². The molecule has 2 aromatic heterocycles. The highest BCUT2D eigenvalue weighted by Gasteiger charge is 2.17. The molecule has 0 aliphatic carbocycles. The van der Waals surface area contributed by atoms with Gasteiger partial charge in [0.1, 0.15) is 0 Å². The predicted molar refractivity (Wildman–Crippen MR) is 100 cm³/mol. The van der Waals surface area contributed by atoms with Gasteiger partial charge in [-0.15, -0.1) is 0 Å². The zero-order chi connectivity index (χ0) is 19.7. The second kappa shape index (κ2) is 6.86. The van der Waals surface area contributed by atoms with Crippen LogP contribution in [-0.2, 0) is 20.6 Å². The molecule has 3 aromatic rings. The number of non-ortho nitro benzene ring substituents is 1. The Kier molecular flexibility index (Phi) is 4.59. The SMILES string of the molecule is CCn1c(N/N=C\c2cccc([N+](=O)[O-])c2)nc2c1c(=O)n(C)c(=O)n2C. The van der Waals surface area contributed by atoms with Crippen LogP contribution < -0.4 is 16.7 Å². The number of hydrogen-bond donors (Lipinski definition) is 1. The maximum absolute atomic E-state index is 12.4. The molecular formula is C16H17N7O4. The molecule has 0 fully saturated rings. The average molecular weight is 371 g/mol. The number of fused-ring (bicyclic) bond motifs is 1. The van der Waals surface area contributed by atoms with Crippen molar-refractivity contribution in [3.05, 3.63) is 60.8 Å². The number of nitro benzene ring substituents is 1. The molecule has 0 radical (unpaired) electrons. The molecule has 0 aliphatic rings. The van der Waals surface area contributed by atoms with Crippen molar-refractivity contribution in [2.45, 2.75) is 13.5 Å². The Morgan fingerprint density at radius 1 is 1.30 bits per heavy atom. The summed E-state index contributed by atoms with van der Waals surface area (Å²) in [6.07, 6.45) is 1.41. The van der Waals surface area contributed by atoms with E-state index in [1.807, 2.05) is 6.92 Å². The van der Waals surface area contributed by atoms with Crippen LogP contribution in [0.15, 0.2) is 39.0 Å². The van der Waals surface area contributed by atoms with E-state index in [0.717, 1.165) is 4.57 Å². The van der Waals surface area contributed by atoms with Gasteiger partial charge in [-0.2, -0.15) is 10.1 Å². The molecule has 0 spiro atoms. The molecular weight excluding hydrogens is 354 g/mol. The Balaban J connectivity index is 2.01. The summed E-state index contributed by atoms with van der Waals surface area (Å²) in [6.45, 7) is 2.26. The Hall–Kier alpha value is -3.76. The molecule has 1 aromatic carbocycles. The normalized spacial score (nSPS) is 11.4. The molecule has 0 atom stereocenters. The van der Waals surface area contributed by atoms with Gasteiger partial charge < -0.3 is 4.57 Å². The quantitative estimate of drug-likeness (QED) is 0.401. The first-order chi connectivity index (χ1) is 12.8. The lowest BCUT2D eigenvalue weighted by Crippen LogP contribution is -2.37. The Labute approximate surface area is 152 Å². The van der Waals surface area contributed by atoms with Crippen molar-refractivity contribution in [1.82, 2.24) is 18.7 Å². The third kappa shape index (κ3) is 3.10. The molecule has 140 valence electrons.